The number of carbonyl (C=O) groups is 2. The van der Waals surface area contributed by atoms with Gasteiger partial charge in [-0.15, -0.1) is 0 Å². The van der Waals surface area contributed by atoms with Crippen LogP contribution in [0.15, 0.2) is 35.3 Å². The smallest absolute Gasteiger partial charge is 0.435 e. The van der Waals surface area contributed by atoms with E-state index in [1.54, 1.807) is 0 Å². The zero-order valence-corrected chi connectivity index (χ0v) is 11.0. The van der Waals surface area contributed by atoms with E-state index in [1.165, 1.54) is 0 Å². The summed E-state index contributed by atoms with van der Waals surface area (Å²) < 4.78 is 4.99. The lowest BCUT2D eigenvalue weighted by atomic mass is 10.1. The number of amides is 2. The number of aliphatic imine (C=N–C) groups is 1. The van der Waals surface area contributed by atoms with Gasteiger partial charge in [-0.25, -0.2) is 4.79 Å². The van der Waals surface area contributed by atoms with Crippen LogP contribution >= 0.6 is 0 Å². The average Bonchev–Trinajstić information content (AvgIpc) is 2.83. The lowest BCUT2D eigenvalue weighted by Crippen LogP contribution is -2.30. The summed E-state index contributed by atoms with van der Waals surface area (Å²) in [5.41, 5.74) is 6.55. The predicted molar refractivity (Wildman–Crippen MR) is 74.0 cm³/mol. The van der Waals surface area contributed by atoms with Gasteiger partial charge in [0.25, 0.3) is 0 Å². The third kappa shape index (κ3) is 4.38. The standard InChI is InChI=1S/C14H17N3O3/c15-12(8-11-6-7-13(18)16-11)17-14(19)20-9-10-4-2-1-3-5-10/h1-5,11H,6-9H2,(H,16,18)(H2,15,17,19). The van der Waals surface area contributed by atoms with E-state index in [0.29, 0.717) is 19.3 Å². The van der Waals surface area contributed by atoms with Crippen molar-refractivity contribution in [3.8, 4) is 0 Å². The summed E-state index contributed by atoms with van der Waals surface area (Å²) >= 11 is 0. The molecule has 1 unspecified atom stereocenters. The summed E-state index contributed by atoms with van der Waals surface area (Å²) in [6.45, 7) is 0.163. The van der Waals surface area contributed by atoms with Crippen molar-refractivity contribution in [1.29, 1.82) is 0 Å². The quantitative estimate of drug-likeness (QED) is 0.640. The van der Waals surface area contributed by atoms with Crippen LogP contribution in [0.25, 0.3) is 0 Å². The molecule has 2 rings (SSSR count). The van der Waals surface area contributed by atoms with E-state index in [9.17, 15) is 9.59 Å². The maximum absolute atomic E-state index is 11.5. The first-order valence-electron chi connectivity index (χ1n) is 6.46. The summed E-state index contributed by atoms with van der Waals surface area (Å²) in [7, 11) is 0. The van der Waals surface area contributed by atoms with Crippen LogP contribution in [0, 0.1) is 0 Å². The van der Waals surface area contributed by atoms with Gasteiger partial charge >= 0.3 is 6.09 Å². The minimum absolute atomic E-state index is 0.00875. The molecule has 20 heavy (non-hydrogen) atoms. The molecule has 1 aromatic rings. The Morgan fingerprint density at radius 3 is 2.80 bits per heavy atom. The Kier molecular flexibility index (Phi) is 4.70. The Balaban J connectivity index is 1.77. The second-order valence-electron chi connectivity index (χ2n) is 4.65. The molecule has 1 aliphatic heterocycles. The normalized spacial score (nSPS) is 18.7. The molecular weight excluding hydrogens is 258 g/mol. The molecule has 1 atom stereocenters. The molecule has 0 spiro atoms. The molecule has 0 radical (unpaired) electrons. The van der Waals surface area contributed by atoms with E-state index in [-0.39, 0.29) is 24.4 Å². The summed E-state index contributed by atoms with van der Waals surface area (Å²) in [4.78, 5) is 26.2. The molecule has 1 aromatic carbocycles. The van der Waals surface area contributed by atoms with Crippen LogP contribution in [0.3, 0.4) is 0 Å². The number of nitrogens with two attached hydrogens (primary N) is 1. The molecule has 0 saturated carbocycles. The van der Waals surface area contributed by atoms with Gasteiger partial charge in [0, 0.05) is 18.9 Å². The van der Waals surface area contributed by atoms with Gasteiger partial charge < -0.3 is 15.8 Å². The molecule has 2 amide bonds. The highest BCUT2D eigenvalue weighted by atomic mass is 16.5. The Morgan fingerprint density at radius 2 is 2.15 bits per heavy atom. The van der Waals surface area contributed by atoms with E-state index in [2.05, 4.69) is 10.3 Å². The average molecular weight is 275 g/mol. The molecule has 0 aliphatic carbocycles. The van der Waals surface area contributed by atoms with Crippen LogP contribution in [-0.4, -0.2) is 23.9 Å². The molecule has 3 N–H and O–H groups in total. The van der Waals surface area contributed by atoms with Gasteiger partial charge in [0.2, 0.25) is 5.91 Å². The van der Waals surface area contributed by atoms with E-state index in [4.69, 9.17) is 10.5 Å². The van der Waals surface area contributed by atoms with Crippen LogP contribution in [0.2, 0.25) is 0 Å². The van der Waals surface area contributed by atoms with Crippen molar-refractivity contribution >= 4 is 17.8 Å². The maximum atomic E-state index is 11.5. The first kappa shape index (κ1) is 14.0. The summed E-state index contributed by atoms with van der Waals surface area (Å²) in [6, 6.07) is 9.29. The van der Waals surface area contributed by atoms with Crippen molar-refractivity contribution in [2.75, 3.05) is 0 Å². The van der Waals surface area contributed by atoms with Gasteiger partial charge in [-0.1, -0.05) is 30.3 Å². The Hall–Kier alpha value is -2.37. The summed E-state index contributed by atoms with van der Waals surface area (Å²) in [5.74, 6) is 0.185. The highest BCUT2D eigenvalue weighted by molar-refractivity contribution is 5.91. The zero-order valence-electron chi connectivity index (χ0n) is 11.0. The van der Waals surface area contributed by atoms with Gasteiger partial charge in [-0.05, 0) is 12.0 Å². The molecule has 1 aliphatic rings. The van der Waals surface area contributed by atoms with E-state index in [0.717, 1.165) is 5.56 Å². The number of carbonyl (C=O) groups excluding carboxylic acids is 2. The van der Waals surface area contributed by atoms with Crippen molar-refractivity contribution in [2.24, 2.45) is 10.7 Å². The topological polar surface area (TPSA) is 93.8 Å². The first-order chi connectivity index (χ1) is 9.63. The second kappa shape index (κ2) is 6.70. The third-order valence-electron chi connectivity index (χ3n) is 2.98. The lowest BCUT2D eigenvalue weighted by Gasteiger charge is -2.08. The largest absolute Gasteiger partial charge is 0.443 e. The predicted octanol–water partition coefficient (Wildman–Crippen LogP) is 1.35. The van der Waals surface area contributed by atoms with Crippen molar-refractivity contribution < 1.29 is 14.3 Å². The third-order valence-corrected chi connectivity index (χ3v) is 2.98. The number of benzene rings is 1. The van der Waals surface area contributed by atoms with E-state index < -0.39 is 6.09 Å². The van der Waals surface area contributed by atoms with Crippen LogP contribution in [0.1, 0.15) is 24.8 Å². The van der Waals surface area contributed by atoms with Gasteiger partial charge in [0.15, 0.2) is 0 Å². The number of nitrogens with zero attached hydrogens (tertiary/aromatic N) is 1. The number of hydrogen-bond acceptors (Lipinski definition) is 3. The Morgan fingerprint density at radius 1 is 1.40 bits per heavy atom. The van der Waals surface area contributed by atoms with Crippen LogP contribution in [0.5, 0.6) is 0 Å². The fraction of sp³-hybridized carbons (Fsp3) is 0.357. The van der Waals surface area contributed by atoms with Crippen LogP contribution < -0.4 is 11.1 Å². The maximum Gasteiger partial charge on any atom is 0.435 e. The molecule has 6 nitrogen and oxygen atoms in total. The molecule has 106 valence electrons. The summed E-state index contributed by atoms with van der Waals surface area (Å²) in [5, 5.41) is 2.76. The Bertz CT molecular complexity index is 514. The lowest BCUT2D eigenvalue weighted by molar-refractivity contribution is -0.119. The molecule has 1 saturated heterocycles. The molecule has 1 heterocycles. The highest BCUT2D eigenvalue weighted by Crippen LogP contribution is 2.10. The fourth-order valence-corrected chi connectivity index (χ4v) is 2.00. The van der Waals surface area contributed by atoms with Crippen molar-refractivity contribution in [1.82, 2.24) is 5.32 Å². The van der Waals surface area contributed by atoms with Gasteiger partial charge in [0.05, 0.1) is 0 Å². The molecule has 1 fully saturated rings. The number of nitrogens with one attached hydrogen (secondary N) is 1. The number of rotatable bonds is 4. The van der Waals surface area contributed by atoms with Gasteiger partial charge in [-0.3, -0.25) is 4.79 Å². The molecule has 0 bridgehead atoms. The highest BCUT2D eigenvalue weighted by Gasteiger charge is 2.21. The minimum atomic E-state index is -0.712. The zero-order chi connectivity index (χ0) is 14.4. The number of hydrogen-bond donors (Lipinski definition) is 2. The molecular formula is C14H17N3O3. The second-order valence-corrected chi connectivity index (χ2v) is 4.65. The van der Waals surface area contributed by atoms with Crippen LogP contribution in [-0.2, 0) is 16.1 Å². The minimum Gasteiger partial charge on any atom is -0.443 e. The Labute approximate surface area is 117 Å². The van der Waals surface area contributed by atoms with Crippen molar-refractivity contribution in [2.45, 2.75) is 31.9 Å². The SMILES string of the molecule is NC(CC1CCC(=O)N1)=NC(=O)OCc1ccccc1. The van der Waals surface area contributed by atoms with Crippen molar-refractivity contribution in [3.63, 3.8) is 0 Å². The number of amidine groups is 1. The van der Waals surface area contributed by atoms with E-state index in [1.807, 2.05) is 30.3 Å². The monoisotopic (exact) mass is 275 g/mol. The van der Waals surface area contributed by atoms with Crippen LogP contribution in [0.4, 0.5) is 4.79 Å². The molecule has 6 heteroatoms. The van der Waals surface area contributed by atoms with Crippen molar-refractivity contribution in [3.05, 3.63) is 35.9 Å². The van der Waals surface area contributed by atoms with Gasteiger partial charge in [0.1, 0.15) is 12.4 Å². The fourth-order valence-electron chi connectivity index (χ4n) is 2.00. The first-order valence-corrected chi connectivity index (χ1v) is 6.46. The van der Waals surface area contributed by atoms with Gasteiger partial charge in [-0.2, -0.15) is 4.99 Å². The summed E-state index contributed by atoms with van der Waals surface area (Å²) in [6.07, 6.45) is 0.868. The molecule has 0 aromatic heterocycles. The van der Waals surface area contributed by atoms with E-state index >= 15 is 0 Å². The number of ether oxygens (including phenoxy) is 1.